The molecule has 0 saturated carbocycles. The number of rotatable bonds is 2. The van der Waals surface area contributed by atoms with Crippen LogP contribution in [0, 0.1) is 5.82 Å². The second kappa shape index (κ2) is 4.41. The Morgan fingerprint density at radius 3 is 2.86 bits per heavy atom. The summed E-state index contributed by atoms with van der Waals surface area (Å²) in [5.74, 6) is -0.971. The first-order valence-corrected chi connectivity index (χ1v) is 4.64. The van der Waals surface area contributed by atoms with E-state index in [4.69, 9.17) is 5.73 Å². The first-order valence-electron chi connectivity index (χ1n) is 3.85. The molecule has 1 rings (SSSR count). The van der Waals surface area contributed by atoms with Crippen molar-refractivity contribution in [1.29, 1.82) is 0 Å². The van der Waals surface area contributed by atoms with E-state index in [9.17, 15) is 9.18 Å². The Hall–Kier alpha value is -1.10. The van der Waals surface area contributed by atoms with Gasteiger partial charge < -0.3 is 10.5 Å². The van der Waals surface area contributed by atoms with Gasteiger partial charge in [0.15, 0.2) is 5.82 Å². The van der Waals surface area contributed by atoms with E-state index in [1.807, 2.05) is 0 Å². The van der Waals surface area contributed by atoms with Crippen LogP contribution >= 0.6 is 15.9 Å². The molecule has 0 fully saturated rings. The second-order valence-corrected chi connectivity index (χ2v) is 3.49. The summed E-state index contributed by atoms with van der Waals surface area (Å²) >= 11 is 3.03. The van der Waals surface area contributed by atoms with E-state index in [0.29, 0.717) is 5.56 Å². The highest BCUT2D eigenvalue weighted by Crippen LogP contribution is 2.25. The number of benzene rings is 1. The maximum Gasteiger partial charge on any atom is 0.310 e. The van der Waals surface area contributed by atoms with Crippen LogP contribution in [-0.2, 0) is 16.0 Å². The van der Waals surface area contributed by atoms with Gasteiger partial charge in [0.05, 0.1) is 23.7 Å². The van der Waals surface area contributed by atoms with Gasteiger partial charge in [-0.15, -0.1) is 0 Å². The quantitative estimate of drug-likeness (QED) is 0.654. The lowest BCUT2D eigenvalue weighted by Gasteiger charge is -2.05. The minimum atomic E-state index is -0.550. The minimum Gasteiger partial charge on any atom is -0.469 e. The van der Waals surface area contributed by atoms with Crippen LogP contribution in [0.1, 0.15) is 5.56 Å². The number of methoxy groups -OCH3 is 1. The highest BCUT2D eigenvalue weighted by Gasteiger charge is 2.12. The first-order chi connectivity index (χ1) is 6.56. The monoisotopic (exact) mass is 261 g/mol. The Morgan fingerprint density at radius 2 is 2.29 bits per heavy atom. The third-order valence-corrected chi connectivity index (χ3v) is 2.61. The maximum atomic E-state index is 13.2. The fraction of sp³-hybridized carbons (Fsp3) is 0.222. The molecule has 0 saturated heterocycles. The zero-order chi connectivity index (χ0) is 10.7. The first kappa shape index (κ1) is 11.0. The molecule has 0 spiro atoms. The van der Waals surface area contributed by atoms with Gasteiger partial charge in [-0.25, -0.2) is 4.39 Å². The zero-order valence-electron chi connectivity index (χ0n) is 7.51. The van der Waals surface area contributed by atoms with E-state index < -0.39 is 11.8 Å². The number of carbonyl (C=O) groups is 1. The lowest BCUT2D eigenvalue weighted by atomic mass is 10.1. The van der Waals surface area contributed by atoms with Gasteiger partial charge >= 0.3 is 5.97 Å². The third-order valence-electron chi connectivity index (χ3n) is 1.75. The molecule has 0 radical (unpaired) electrons. The highest BCUT2D eigenvalue weighted by molar-refractivity contribution is 9.10. The van der Waals surface area contributed by atoms with Crippen molar-refractivity contribution in [1.82, 2.24) is 0 Å². The van der Waals surface area contributed by atoms with Crippen LogP contribution in [0.3, 0.4) is 0 Å². The van der Waals surface area contributed by atoms with Gasteiger partial charge in [-0.2, -0.15) is 0 Å². The van der Waals surface area contributed by atoms with Gasteiger partial charge in [-0.3, -0.25) is 4.79 Å². The van der Waals surface area contributed by atoms with Gasteiger partial charge in [-0.05, 0) is 27.6 Å². The molecular formula is C9H9BrFNO2. The number of hydrogen-bond acceptors (Lipinski definition) is 3. The number of carbonyl (C=O) groups excluding carboxylic acids is 1. The topological polar surface area (TPSA) is 52.3 Å². The Bertz CT molecular complexity index is 368. The largest absolute Gasteiger partial charge is 0.469 e. The third kappa shape index (κ3) is 2.23. The van der Waals surface area contributed by atoms with E-state index in [0.717, 1.165) is 0 Å². The summed E-state index contributed by atoms with van der Waals surface area (Å²) in [7, 11) is 1.28. The van der Waals surface area contributed by atoms with Crippen molar-refractivity contribution in [3.63, 3.8) is 0 Å². The molecule has 0 aromatic heterocycles. The van der Waals surface area contributed by atoms with E-state index in [-0.39, 0.29) is 16.6 Å². The van der Waals surface area contributed by atoms with E-state index >= 15 is 0 Å². The van der Waals surface area contributed by atoms with Gasteiger partial charge in [0.1, 0.15) is 0 Å². The van der Waals surface area contributed by atoms with Crippen molar-refractivity contribution >= 4 is 27.6 Å². The molecule has 76 valence electrons. The second-order valence-electron chi connectivity index (χ2n) is 2.69. The van der Waals surface area contributed by atoms with Crippen LogP contribution < -0.4 is 5.73 Å². The number of esters is 1. The smallest absolute Gasteiger partial charge is 0.310 e. The molecule has 0 aliphatic rings. The SMILES string of the molecule is COC(=O)Cc1ccc(N)c(F)c1Br. The fourth-order valence-electron chi connectivity index (χ4n) is 0.969. The molecule has 0 heterocycles. The van der Waals surface area contributed by atoms with Crippen LogP contribution in [0.2, 0.25) is 0 Å². The molecule has 1 aromatic rings. The molecule has 0 aliphatic heterocycles. The van der Waals surface area contributed by atoms with Crippen molar-refractivity contribution in [3.8, 4) is 0 Å². The average molecular weight is 262 g/mol. The Balaban J connectivity index is 3.00. The normalized spacial score (nSPS) is 9.93. The van der Waals surface area contributed by atoms with Crippen LogP contribution in [-0.4, -0.2) is 13.1 Å². The van der Waals surface area contributed by atoms with E-state index in [1.165, 1.54) is 13.2 Å². The molecule has 0 aliphatic carbocycles. The summed E-state index contributed by atoms with van der Waals surface area (Å²) < 4.78 is 17.9. The van der Waals surface area contributed by atoms with Crippen molar-refractivity contribution in [2.24, 2.45) is 0 Å². The molecule has 0 unspecified atom stereocenters. The van der Waals surface area contributed by atoms with Crippen molar-refractivity contribution in [3.05, 3.63) is 28.0 Å². The minimum absolute atomic E-state index is 0.0221. The average Bonchev–Trinajstić information content (AvgIpc) is 2.19. The standard InChI is InChI=1S/C9H9BrFNO2/c1-14-7(13)4-5-2-3-6(12)9(11)8(5)10/h2-3H,4,12H2,1H3. The van der Waals surface area contributed by atoms with E-state index in [1.54, 1.807) is 6.07 Å². The number of nitrogens with two attached hydrogens (primary N) is 1. The van der Waals surface area contributed by atoms with Crippen LogP contribution in [0.4, 0.5) is 10.1 Å². The maximum absolute atomic E-state index is 13.2. The van der Waals surface area contributed by atoms with Crippen LogP contribution in [0.25, 0.3) is 0 Å². The summed E-state index contributed by atoms with van der Waals surface area (Å²) in [6.07, 6.45) is 0.0221. The molecule has 3 nitrogen and oxygen atoms in total. The molecule has 14 heavy (non-hydrogen) atoms. The number of anilines is 1. The fourth-order valence-corrected chi connectivity index (χ4v) is 1.47. The summed E-state index contributed by atoms with van der Waals surface area (Å²) in [5, 5.41) is 0. The lowest BCUT2D eigenvalue weighted by molar-refractivity contribution is -0.139. The van der Waals surface area contributed by atoms with Crippen molar-refractivity contribution < 1.29 is 13.9 Å². The summed E-state index contributed by atoms with van der Waals surface area (Å²) in [5.41, 5.74) is 5.90. The number of halogens is 2. The molecule has 0 bridgehead atoms. The van der Waals surface area contributed by atoms with Gasteiger partial charge in [0.2, 0.25) is 0 Å². The molecule has 5 heteroatoms. The number of nitrogen functional groups attached to an aromatic ring is 1. The summed E-state index contributed by atoms with van der Waals surface area (Å²) in [6.45, 7) is 0. The van der Waals surface area contributed by atoms with Gasteiger partial charge in [0.25, 0.3) is 0 Å². The molecule has 1 aromatic carbocycles. The zero-order valence-corrected chi connectivity index (χ0v) is 9.10. The summed E-state index contributed by atoms with van der Waals surface area (Å²) in [4.78, 5) is 10.9. The number of hydrogen-bond donors (Lipinski definition) is 1. The molecule has 0 amide bonds. The summed E-state index contributed by atoms with van der Waals surface area (Å²) in [6, 6.07) is 3.00. The number of ether oxygens (including phenoxy) is 1. The predicted octanol–water partition coefficient (Wildman–Crippen LogP) is 1.89. The molecular weight excluding hydrogens is 253 g/mol. The van der Waals surface area contributed by atoms with Crippen molar-refractivity contribution in [2.75, 3.05) is 12.8 Å². The molecule has 2 N–H and O–H groups in total. The van der Waals surface area contributed by atoms with Crippen LogP contribution in [0.15, 0.2) is 16.6 Å². The highest BCUT2D eigenvalue weighted by atomic mass is 79.9. The van der Waals surface area contributed by atoms with Gasteiger partial charge in [0, 0.05) is 0 Å². The Morgan fingerprint density at radius 1 is 1.64 bits per heavy atom. The molecule has 0 atom stereocenters. The van der Waals surface area contributed by atoms with Crippen LogP contribution in [0.5, 0.6) is 0 Å². The van der Waals surface area contributed by atoms with Crippen molar-refractivity contribution in [2.45, 2.75) is 6.42 Å². The Labute approximate surface area is 89.2 Å². The Kier molecular flexibility index (Phi) is 3.46. The lowest BCUT2D eigenvalue weighted by Crippen LogP contribution is -2.06. The van der Waals surface area contributed by atoms with E-state index in [2.05, 4.69) is 20.7 Å². The predicted molar refractivity (Wildman–Crippen MR) is 54.2 cm³/mol. The van der Waals surface area contributed by atoms with Gasteiger partial charge in [-0.1, -0.05) is 6.07 Å².